The van der Waals surface area contributed by atoms with E-state index in [9.17, 15) is 9.18 Å². The van der Waals surface area contributed by atoms with E-state index in [4.69, 9.17) is 4.98 Å². The first-order chi connectivity index (χ1) is 14.6. The number of hydrogen-bond donors (Lipinski definition) is 2. The fourth-order valence-electron chi connectivity index (χ4n) is 3.71. The Morgan fingerprint density at radius 1 is 1.17 bits per heavy atom. The summed E-state index contributed by atoms with van der Waals surface area (Å²) in [7, 11) is 0. The Balaban J connectivity index is 1.43. The maximum Gasteiger partial charge on any atom is 0.238 e. The minimum atomic E-state index is -0.326. The van der Waals surface area contributed by atoms with E-state index in [1.807, 2.05) is 37.3 Å². The fourth-order valence-corrected chi connectivity index (χ4v) is 3.71. The number of likely N-dealkylation sites (tertiary alicyclic amines) is 1. The number of carbonyl (C=O) groups excluding carboxylic acids is 1. The number of amides is 1. The number of nitrogens with zero attached hydrogens (tertiary/aromatic N) is 3. The molecule has 1 atom stereocenters. The maximum atomic E-state index is 13.0. The lowest BCUT2D eigenvalue weighted by Gasteiger charge is -2.24. The summed E-state index contributed by atoms with van der Waals surface area (Å²) >= 11 is 0. The highest BCUT2D eigenvalue weighted by Crippen LogP contribution is 2.31. The Morgan fingerprint density at radius 2 is 2.00 bits per heavy atom. The molecule has 7 heteroatoms. The van der Waals surface area contributed by atoms with Crippen molar-refractivity contribution in [3.8, 4) is 0 Å². The van der Waals surface area contributed by atoms with Crippen LogP contribution in [0.1, 0.15) is 30.1 Å². The van der Waals surface area contributed by atoms with Crippen LogP contribution in [0.25, 0.3) is 0 Å². The predicted molar refractivity (Wildman–Crippen MR) is 115 cm³/mol. The van der Waals surface area contributed by atoms with Crippen LogP contribution in [0.15, 0.2) is 60.8 Å². The molecule has 2 N–H and O–H groups in total. The molecule has 0 saturated carbocycles. The third kappa shape index (κ3) is 4.80. The van der Waals surface area contributed by atoms with Crippen molar-refractivity contribution < 1.29 is 9.18 Å². The zero-order valence-corrected chi connectivity index (χ0v) is 16.8. The third-order valence-corrected chi connectivity index (χ3v) is 5.21. The minimum Gasteiger partial charge on any atom is -0.325 e. The summed E-state index contributed by atoms with van der Waals surface area (Å²) < 4.78 is 13.0. The average molecular weight is 405 g/mol. The van der Waals surface area contributed by atoms with Gasteiger partial charge in [-0.2, -0.15) is 0 Å². The Bertz CT molecular complexity index is 1020. The van der Waals surface area contributed by atoms with Gasteiger partial charge in [0.05, 0.1) is 18.3 Å². The van der Waals surface area contributed by atoms with E-state index < -0.39 is 0 Å². The lowest BCUT2D eigenvalue weighted by molar-refractivity contribution is -0.117. The Morgan fingerprint density at radius 3 is 2.80 bits per heavy atom. The average Bonchev–Trinajstić information content (AvgIpc) is 3.20. The van der Waals surface area contributed by atoms with E-state index >= 15 is 0 Å². The molecule has 3 aromatic rings. The van der Waals surface area contributed by atoms with Gasteiger partial charge in [0.2, 0.25) is 5.91 Å². The molecule has 154 valence electrons. The molecule has 2 aromatic heterocycles. The van der Waals surface area contributed by atoms with Crippen molar-refractivity contribution in [3.05, 3.63) is 77.9 Å². The Kier molecular flexibility index (Phi) is 5.99. The summed E-state index contributed by atoms with van der Waals surface area (Å²) in [6.07, 6.45) is 3.70. The summed E-state index contributed by atoms with van der Waals surface area (Å²) in [5, 5.41) is 6.11. The highest BCUT2D eigenvalue weighted by Gasteiger charge is 2.28. The number of nitrogens with one attached hydrogen (secondary N) is 2. The van der Waals surface area contributed by atoms with Crippen molar-refractivity contribution in [2.75, 3.05) is 23.7 Å². The first-order valence-corrected chi connectivity index (χ1v) is 10.0. The molecule has 6 nitrogen and oxygen atoms in total. The van der Waals surface area contributed by atoms with E-state index in [0.29, 0.717) is 5.69 Å². The van der Waals surface area contributed by atoms with Crippen LogP contribution in [0.4, 0.5) is 21.7 Å². The van der Waals surface area contributed by atoms with Crippen LogP contribution in [-0.2, 0) is 4.79 Å². The number of rotatable bonds is 6. The summed E-state index contributed by atoms with van der Waals surface area (Å²) in [6, 6.07) is 15.6. The quantitative estimate of drug-likeness (QED) is 0.634. The molecule has 0 spiro atoms. The second-order valence-electron chi connectivity index (χ2n) is 7.43. The minimum absolute atomic E-state index is 0.0792. The van der Waals surface area contributed by atoms with Gasteiger partial charge in [-0.15, -0.1) is 0 Å². The molecule has 3 heterocycles. The number of hydrogen-bond acceptors (Lipinski definition) is 5. The van der Waals surface area contributed by atoms with E-state index in [1.54, 1.807) is 18.3 Å². The molecular weight excluding hydrogens is 381 g/mol. The number of pyridine rings is 2. The van der Waals surface area contributed by atoms with Gasteiger partial charge in [-0.25, -0.2) is 14.4 Å². The molecule has 1 saturated heterocycles. The highest BCUT2D eigenvalue weighted by atomic mass is 19.1. The Labute approximate surface area is 175 Å². The van der Waals surface area contributed by atoms with Crippen molar-refractivity contribution in [1.82, 2.24) is 14.9 Å². The summed E-state index contributed by atoms with van der Waals surface area (Å²) in [6.45, 7) is 3.10. The molecule has 0 radical (unpaired) electrons. The van der Waals surface area contributed by atoms with Crippen LogP contribution in [0.5, 0.6) is 0 Å². The highest BCUT2D eigenvalue weighted by molar-refractivity contribution is 5.92. The monoisotopic (exact) mass is 405 g/mol. The second-order valence-corrected chi connectivity index (χ2v) is 7.43. The predicted octanol–water partition coefficient (Wildman–Crippen LogP) is 4.44. The van der Waals surface area contributed by atoms with Crippen molar-refractivity contribution in [1.29, 1.82) is 0 Å². The standard InChI is InChI=1S/C23H24FN5O/c1-16-5-3-13-25-23(16)28-21-8-2-6-19(27-21)20-7-4-14-29(20)15-22(30)26-18-11-9-17(24)10-12-18/h2-3,5-6,8-13,20H,4,7,14-15H2,1H3,(H,26,30)(H,25,27,28)/t20-/m0/s1. The molecule has 1 aliphatic rings. The van der Waals surface area contributed by atoms with E-state index in [2.05, 4.69) is 20.5 Å². The fraction of sp³-hybridized carbons (Fsp3) is 0.261. The van der Waals surface area contributed by atoms with Crippen molar-refractivity contribution >= 4 is 23.2 Å². The van der Waals surface area contributed by atoms with Crippen LogP contribution < -0.4 is 10.6 Å². The normalized spacial score (nSPS) is 16.4. The SMILES string of the molecule is Cc1cccnc1Nc1cccc([C@@H]2CCCN2CC(=O)Nc2ccc(F)cc2)n1. The van der Waals surface area contributed by atoms with Gasteiger partial charge in [-0.1, -0.05) is 12.1 Å². The number of benzene rings is 1. The molecule has 1 fully saturated rings. The van der Waals surface area contributed by atoms with Crippen LogP contribution in [0, 0.1) is 12.7 Å². The molecule has 1 aliphatic heterocycles. The largest absolute Gasteiger partial charge is 0.325 e. The molecule has 0 bridgehead atoms. The third-order valence-electron chi connectivity index (χ3n) is 5.21. The van der Waals surface area contributed by atoms with E-state index in [0.717, 1.165) is 42.3 Å². The van der Waals surface area contributed by atoms with Gasteiger partial charge >= 0.3 is 0 Å². The maximum absolute atomic E-state index is 13.0. The molecule has 1 amide bonds. The van der Waals surface area contributed by atoms with Crippen molar-refractivity contribution in [3.63, 3.8) is 0 Å². The summed E-state index contributed by atoms with van der Waals surface area (Å²) in [5.41, 5.74) is 2.57. The molecule has 1 aromatic carbocycles. The topological polar surface area (TPSA) is 70.2 Å². The molecular formula is C23H24FN5O. The number of anilines is 3. The molecule has 4 rings (SSSR count). The number of halogens is 1. The van der Waals surface area contributed by atoms with E-state index in [-0.39, 0.29) is 24.3 Å². The summed E-state index contributed by atoms with van der Waals surface area (Å²) in [5.74, 6) is 1.07. The lowest BCUT2D eigenvalue weighted by atomic mass is 10.1. The smallest absolute Gasteiger partial charge is 0.238 e. The number of aromatic nitrogens is 2. The Hall–Kier alpha value is -3.32. The molecule has 0 unspecified atom stereocenters. The van der Waals surface area contributed by atoms with Gasteiger partial charge in [-0.05, 0) is 74.3 Å². The van der Waals surface area contributed by atoms with Crippen LogP contribution in [-0.4, -0.2) is 33.9 Å². The van der Waals surface area contributed by atoms with Crippen LogP contribution in [0.3, 0.4) is 0 Å². The number of aryl methyl sites for hydroxylation is 1. The van der Waals surface area contributed by atoms with Gasteiger partial charge in [0.25, 0.3) is 0 Å². The van der Waals surface area contributed by atoms with Gasteiger partial charge in [0.15, 0.2) is 0 Å². The van der Waals surface area contributed by atoms with Crippen LogP contribution >= 0.6 is 0 Å². The number of carbonyl (C=O) groups is 1. The van der Waals surface area contributed by atoms with Gasteiger partial charge < -0.3 is 10.6 Å². The van der Waals surface area contributed by atoms with Gasteiger partial charge in [-0.3, -0.25) is 9.69 Å². The first-order valence-electron chi connectivity index (χ1n) is 10.0. The zero-order valence-electron chi connectivity index (χ0n) is 16.8. The van der Waals surface area contributed by atoms with Gasteiger partial charge in [0.1, 0.15) is 17.5 Å². The molecule has 30 heavy (non-hydrogen) atoms. The van der Waals surface area contributed by atoms with E-state index in [1.165, 1.54) is 12.1 Å². The van der Waals surface area contributed by atoms with Crippen molar-refractivity contribution in [2.24, 2.45) is 0 Å². The van der Waals surface area contributed by atoms with Crippen molar-refractivity contribution in [2.45, 2.75) is 25.8 Å². The zero-order chi connectivity index (χ0) is 20.9. The van der Waals surface area contributed by atoms with Crippen LogP contribution in [0.2, 0.25) is 0 Å². The molecule has 0 aliphatic carbocycles. The lowest BCUT2D eigenvalue weighted by Crippen LogP contribution is -2.33. The van der Waals surface area contributed by atoms with Gasteiger partial charge in [0, 0.05) is 11.9 Å². The first kappa shape index (κ1) is 20.0. The summed E-state index contributed by atoms with van der Waals surface area (Å²) in [4.78, 5) is 23.8. The second kappa shape index (κ2) is 9.00.